The van der Waals surface area contributed by atoms with Gasteiger partial charge in [0.25, 0.3) is 0 Å². The third-order valence-electron chi connectivity index (χ3n) is 0. The molecule has 0 aromatic rings. The summed E-state index contributed by atoms with van der Waals surface area (Å²) < 4.78 is 17.8. The molecule has 0 fully saturated rings. The summed E-state index contributed by atoms with van der Waals surface area (Å²) in [5, 5.41) is 0. The summed E-state index contributed by atoms with van der Waals surface area (Å²) in [5.41, 5.74) is 0. The fourth-order valence-corrected chi connectivity index (χ4v) is 0. The summed E-state index contributed by atoms with van der Waals surface area (Å²) in [6, 6.07) is 0. The molecule has 0 saturated carbocycles. The Hall–Kier alpha value is 1.69. The Kier molecular flexibility index (Phi) is 18.1. The fourth-order valence-electron chi connectivity index (χ4n) is 0. The van der Waals surface area contributed by atoms with Crippen LogP contribution in [0.3, 0.4) is 0 Å². The number of rotatable bonds is 0. The molecular weight excluding hydrogens is 332 g/mol. The minimum Gasteiger partial charge on any atom is -0.303 e. The molecule has 0 heterocycles. The second-order valence-corrected chi connectivity index (χ2v) is 3.08. The molecule has 0 atom stereocenters. The Balaban J connectivity index is -0.0000000457. The van der Waals surface area contributed by atoms with Crippen LogP contribution in [0.2, 0.25) is 0 Å². The van der Waals surface area contributed by atoms with E-state index in [2.05, 4.69) is 0 Å². The van der Waals surface area contributed by atoms with E-state index >= 15 is 0 Å². The Bertz CT molecular complexity index is 129. The molecule has 1 radical (unpaired) electrons. The van der Waals surface area contributed by atoms with Crippen molar-refractivity contribution < 1.29 is 83.2 Å². The summed E-state index contributed by atoms with van der Waals surface area (Å²) >= 11 is 0. The SMILES string of the molecule is O=P(O)(O)O.O=P(O)(O)O.[V].[Zr]. The monoisotopic (exact) mass is 337 g/mol. The fraction of sp³-hybridized carbons (Fsp3) is 0. The van der Waals surface area contributed by atoms with Crippen molar-refractivity contribution in [2.24, 2.45) is 0 Å². The summed E-state index contributed by atoms with van der Waals surface area (Å²) in [6.45, 7) is 0. The predicted octanol–water partition coefficient (Wildman–Crippen LogP) is -1.86. The van der Waals surface area contributed by atoms with E-state index in [-0.39, 0.29) is 44.8 Å². The van der Waals surface area contributed by atoms with Gasteiger partial charge in [0.15, 0.2) is 0 Å². The summed E-state index contributed by atoms with van der Waals surface area (Å²) in [5.74, 6) is 0. The van der Waals surface area contributed by atoms with Gasteiger partial charge in [-0.05, 0) is 0 Å². The van der Waals surface area contributed by atoms with Gasteiger partial charge in [-0.1, -0.05) is 0 Å². The van der Waals surface area contributed by atoms with E-state index in [0.29, 0.717) is 0 Å². The summed E-state index contributed by atoms with van der Waals surface area (Å²) in [6.07, 6.45) is 0. The maximum atomic E-state index is 8.88. The molecule has 0 unspecified atom stereocenters. The molecule has 6 N–H and O–H groups in total. The van der Waals surface area contributed by atoms with Gasteiger partial charge in [0.05, 0.1) is 0 Å². The molecule has 0 bridgehead atoms. The van der Waals surface area contributed by atoms with Crippen LogP contribution in [0.5, 0.6) is 0 Å². The molecule has 0 aromatic heterocycles. The van der Waals surface area contributed by atoms with Crippen molar-refractivity contribution in [1.82, 2.24) is 0 Å². The predicted molar refractivity (Wildman–Crippen MR) is 28.5 cm³/mol. The minimum atomic E-state index is -4.64. The van der Waals surface area contributed by atoms with Crippen LogP contribution < -0.4 is 0 Å². The first-order valence-electron chi connectivity index (χ1n) is 1.57. The Morgan fingerprint density at radius 2 is 0.667 bits per heavy atom. The van der Waals surface area contributed by atoms with E-state index in [4.69, 9.17) is 38.5 Å². The van der Waals surface area contributed by atoms with Gasteiger partial charge in [0.2, 0.25) is 0 Å². The smallest absolute Gasteiger partial charge is 0.303 e. The van der Waals surface area contributed by atoms with Gasteiger partial charge in [0, 0.05) is 44.8 Å². The first-order valence-corrected chi connectivity index (χ1v) is 4.70. The zero-order valence-corrected chi connectivity index (χ0v) is 11.0. The van der Waals surface area contributed by atoms with Crippen molar-refractivity contribution in [3.63, 3.8) is 0 Å². The van der Waals surface area contributed by atoms with Gasteiger partial charge in [-0.15, -0.1) is 0 Å². The van der Waals surface area contributed by atoms with Crippen LogP contribution >= 0.6 is 15.6 Å². The van der Waals surface area contributed by atoms with Crippen LogP contribution in [0.4, 0.5) is 0 Å². The average Bonchev–Trinajstić information content (AvgIpc) is 1.12. The normalized spacial score (nSPS) is 9.83. The van der Waals surface area contributed by atoms with Crippen LogP contribution in [0, 0.1) is 0 Å². The van der Waals surface area contributed by atoms with Crippen molar-refractivity contribution in [3.05, 3.63) is 0 Å². The molecule has 12 heteroatoms. The molecule has 0 aliphatic heterocycles. The molecule has 12 heavy (non-hydrogen) atoms. The first-order chi connectivity index (χ1) is 4.00. The Labute approximate surface area is 98.5 Å². The van der Waals surface area contributed by atoms with Gasteiger partial charge in [0.1, 0.15) is 0 Å². The van der Waals surface area contributed by atoms with Gasteiger partial charge < -0.3 is 29.4 Å². The van der Waals surface area contributed by atoms with Crippen LogP contribution in [0.1, 0.15) is 0 Å². The van der Waals surface area contributed by atoms with Crippen LogP contribution in [0.25, 0.3) is 0 Å². The third kappa shape index (κ3) is 469. The van der Waals surface area contributed by atoms with Crippen molar-refractivity contribution in [3.8, 4) is 0 Å². The van der Waals surface area contributed by atoms with Crippen molar-refractivity contribution in [1.29, 1.82) is 0 Å². The molecule has 8 nitrogen and oxygen atoms in total. The zero-order valence-electron chi connectivity index (χ0n) is 5.34. The largest absolute Gasteiger partial charge is 0.466 e. The minimum absolute atomic E-state index is 0. The zero-order chi connectivity index (χ0) is 9.00. The molecule has 73 valence electrons. The third-order valence-corrected chi connectivity index (χ3v) is 0. The standard InChI is InChI=1S/2H3O4P.V.Zr/c2*1-5(2,3)4;;/h2*(H3,1,2,3,4);;. The second-order valence-electron chi connectivity index (χ2n) is 1.03. The molecule has 0 aliphatic carbocycles. The van der Waals surface area contributed by atoms with Gasteiger partial charge >= 0.3 is 15.6 Å². The van der Waals surface area contributed by atoms with E-state index in [1.165, 1.54) is 0 Å². The maximum Gasteiger partial charge on any atom is 0.466 e. The summed E-state index contributed by atoms with van der Waals surface area (Å²) in [7, 11) is -9.28. The molecule has 0 amide bonds. The molecule has 0 saturated heterocycles. The van der Waals surface area contributed by atoms with Crippen LogP contribution in [0.15, 0.2) is 0 Å². The Morgan fingerprint density at radius 3 is 0.667 bits per heavy atom. The van der Waals surface area contributed by atoms with Crippen LogP contribution in [-0.2, 0) is 53.9 Å². The molecule has 0 spiro atoms. The first kappa shape index (κ1) is 23.5. The van der Waals surface area contributed by atoms with E-state index in [0.717, 1.165) is 0 Å². The number of hydrogen-bond donors (Lipinski definition) is 6. The van der Waals surface area contributed by atoms with Gasteiger partial charge in [-0.25, -0.2) is 9.13 Å². The molecule has 0 aromatic carbocycles. The van der Waals surface area contributed by atoms with Crippen molar-refractivity contribution in [2.45, 2.75) is 0 Å². The summed E-state index contributed by atoms with van der Waals surface area (Å²) in [4.78, 5) is 43.1. The average molecular weight is 338 g/mol. The number of hydrogen-bond acceptors (Lipinski definition) is 2. The maximum absolute atomic E-state index is 8.88. The topological polar surface area (TPSA) is 156 Å². The van der Waals surface area contributed by atoms with E-state index in [1.807, 2.05) is 0 Å². The van der Waals surface area contributed by atoms with Gasteiger partial charge in [-0.3, -0.25) is 0 Å². The van der Waals surface area contributed by atoms with Crippen LogP contribution in [-0.4, -0.2) is 29.4 Å². The van der Waals surface area contributed by atoms with E-state index < -0.39 is 15.6 Å². The van der Waals surface area contributed by atoms with Gasteiger partial charge in [-0.2, -0.15) is 0 Å². The van der Waals surface area contributed by atoms with Crippen molar-refractivity contribution in [2.75, 3.05) is 0 Å². The molecule has 0 aliphatic rings. The van der Waals surface area contributed by atoms with E-state index in [1.54, 1.807) is 0 Å². The Morgan fingerprint density at radius 1 is 0.667 bits per heavy atom. The van der Waals surface area contributed by atoms with Crippen molar-refractivity contribution >= 4 is 15.6 Å². The number of phosphoric acid groups is 2. The molecule has 0 rings (SSSR count). The molecular formula is H6O8P2VZr. The second kappa shape index (κ2) is 9.25. The quantitative estimate of drug-likeness (QED) is 0.281. The van der Waals surface area contributed by atoms with E-state index in [9.17, 15) is 0 Å².